The Balaban J connectivity index is 2.25. The van der Waals surface area contributed by atoms with Gasteiger partial charge in [0.05, 0.1) is 38.2 Å². The van der Waals surface area contributed by atoms with Crippen LogP contribution in [0.15, 0.2) is 24.5 Å². The van der Waals surface area contributed by atoms with Gasteiger partial charge in [-0.25, -0.2) is 0 Å². The molecule has 1 aromatic rings. The van der Waals surface area contributed by atoms with Gasteiger partial charge in [0.15, 0.2) is 0 Å². The van der Waals surface area contributed by atoms with Gasteiger partial charge in [-0.3, -0.25) is 4.68 Å². The number of anilines is 1. The van der Waals surface area contributed by atoms with Crippen LogP contribution in [-0.4, -0.2) is 41.3 Å². The van der Waals surface area contributed by atoms with Crippen LogP contribution in [0.25, 0.3) is 0 Å². The van der Waals surface area contributed by atoms with Crippen molar-refractivity contribution in [1.29, 1.82) is 0 Å². The van der Waals surface area contributed by atoms with Gasteiger partial charge in [-0.1, -0.05) is 12.2 Å². The molecule has 5 heteroatoms. The molecular formula is C11H19N3O2. The zero-order valence-electron chi connectivity index (χ0n) is 9.65. The first kappa shape index (κ1) is 12.7. The van der Waals surface area contributed by atoms with E-state index in [1.165, 1.54) is 0 Å². The van der Waals surface area contributed by atoms with Crippen LogP contribution >= 0.6 is 0 Å². The molecule has 1 heterocycles. The molecule has 0 saturated carbocycles. The van der Waals surface area contributed by atoms with Crippen molar-refractivity contribution in [2.75, 3.05) is 31.7 Å². The Morgan fingerprint density at radius 3 is 3.12 bits per heavy atom. The van der Waals surface area contributed by atoms with Gasteiger partial charge in [0.2, 0.25) is 0 Å². The lowest BCUT2D eigenvalue weighted by molar-refractivity contribution is 0.0854. The van der Waals surface area contributed by atoms with E-state index in [-0.39, 0.29) is 6.61 Å². The standard InChI is InChI=1S/C11H19N3O2/c1-10(2)7-12-11-8-13-14(9-11)3-5-16-6-4-15/h8-9,12,15H,1,3-7H2,2H3. The summed E-state index contributed by atoms with van der Waals surface area (Å²) in [5.74, 6) is 0. The average Bonchev–Trinajstić information content (AvgIpc) is 2.70. The molecular weight excluding hydrogens is 206 g/mol. The van der Waals surface area contributed by atoms with Crippen LogP contribution in [0.1, 0.15) is 6.92 Å². The molecule has 5 nitrogen and oxygen atoms in total. The molecule has 0 aliphatic rings. The molecule has 0 saturated heterocycles. The zero-order valence-corrected chi connectivity index (χ0v) is 9.65. The summed E-state index contributed by atoms with van der Waals surface area (Å²) in [5, 5.41) is 15.9. The maximum absolute atomic E-state index is 8.52. The summed E-state index contributed by atoms with van der Waals surface area (Å²) in [6.07, 6.45) is 3.69. The van der Waals surface area contributed by atoms with E-state index in [9.17, 15) is 0 Å². The molecule has 0 amide bonds. The predicted molar refractivity (Wildman–Crippen MR) is 63.4 cm³/mol. The minimum atomic E-state index is 0.0600. The Labute approximate surface area is 95.7 Å². The van der Waals surface area contributed by atoms with Crippen LogP contribution in [0.5, 0.6) is 0 Å². The molecule has 0 atom stereocenters. The fourth-order valence-corrected chi connectivity index (χ4v) is 1.15. The average molecular weight is 225 g/mol. The van der Waals surface area contributed by atoms with E-state index in [2.05, 4.69) is 17.0 Å². The number of nitrogens with one attached hydrogen (secondary N) is 1. The van der Waals surface area contributed by atoms with Crippen LogP contribution in [0.2, 0.25) is 0 Å². The van der Waals surface area contributed by atoms with Crippen LogP contribution in [0, 0.1) is 0 Å². The molecule has 90 valence electrons. The van der Waals surface area contributed by atoms with E-state index >= 15 is 0 Å². The number of aliphatic hydroxyl groups is 1. The van der Waals surface area contributed by atoms with Gasteiger partial charge in [-0.2, -0.15) is 5.10 Å². The lowest BCUT2D eigenvalue weighted by atomic mass is 10.3. The van der Waals surface area contributed by atoms with E-state index in [1.807, 2.05) is 13.1 Å². The first-order chi connectivity index (χ1) is 7.72. The highest BCUT2D eigenvalue weighted by atomic mass is 16.5. The Morgan fingerprint density at radius 1 is 1.62 bits per heavy atom. The molecule has 1 rings (SSSR count). The molecule has 0 bridgehead atoms. The Kier molecular flexibility index (Phi) is 5.60. The van der Waals surface area contributed by atoms with Crippen LogP contribution in [0.4, 0.5) is 5.69 Å². The Morgan fingerprint density at radius 2 is 2.44 bits per heavy atom. The van der Waals surface area contributed by atoms with Gasteiger partial charge < -0.3 is 15.2 Å². The van der Waals surface area contributed by atoms with E-state index in [4.69, 9.17) is 9.84 Å². The summed E-state index contributed by atoms with van der Waals surface area (Å²) < 4.78 is 6.95. The Hall–Kier alpha value is -1.33. The van der Waals surface area contributed by atoms with Gasteiger partial charge >= 0.3 is 0 Å². The number of ether oxygens (including phenoxy) is 1. The number of aromatic nitrogens is 2. The quantitative estimate of drug-likeness (QED) is 0.509. The smallest absolute Gasteiger partial charge is 0.0729 e. The summed E-state index contributed by atoms with van der Waals surface area (Å²) >= 11 is 0. The third kappa shape index (κ3) is 4.95. The van der Waals surface area contributed by atoms with Crippen molar-refractivity contribution < 1.29 is 9.84 Å². The molecule has 0 aliphatic carbocycles. The van der Waals surface area contributed by atoms with Gasteiger partial charge in [-0.15, -0.1) is 0 Å². The predicted octanol–water partition coefficient (Wildman–Crippen LogP) is 0.880. The highest BCUT2D eigenvalue weighted by Gasteiger charge is 1.97. The van der Waals surface area contributed by atoms with Crippen molar-refractivity contribution in [1.82, 2.24) is 9.78 Å². The van der Waals surface area contributed by atoms with E-state index in [1.54, 1.807) is 10.9 Å². The molecule has 2 N–H and O–H groups in total. The first-order valence-electron chi connectivity index (χ1n) is 5.31. The summed E-state index contributed by atoms with van der Waals surface area (Å²) in [6.45, 7) is 8.23. The maximum atomic E-state index is 8.52. The molecule has 1 aromatic heterocycles. The lowest BCUT2D eigenvalue weighted by Gasteiger charge is -2.03. The van der Waals surface area contributed by atoms with Gasteiger partial charge in [-0.05, 0) is 6.92 Å². The van der Waals surface area contributed by atoms with Crippen molar-refractivity contribution >= 4 is 5.69 Å². The second kappa shape index (κ2) is 7.03. The number of hydrogen-bond acceptors (Lipinski definition) is 4. The molecule has 0 unspecified atom stereocenters. The van der Waals surface area contributed by atoms with Crippen LogP contribution in [0.3, 0.4) is 0 Å². The molecule has 0 fully saturated rings. The number of rotatable bonds is 8. The third-order valence-corrected chi connectivity index (χ3v) is 1.93. The van der Waals surface area contributed by atoms with Crippen LogP contribution in [-0.2, 0) is 11.3 Å². The second-order valence-electron chi connectivity index (χ2n) is 3.64. The second-order valence-corrected chi connectivity index (χ2v) is 3.64. The zero-order chi connectivity index (χ0) is 11.8. The molecule has 0 radical (unpaired) electrons. The van der Waals surface area contributed by atoms with Gasteiger partial charge in [0, 0.05) is 12.7 Å². The summed E-state index contributed by atoms with van der Waals surface area (Å²) in [4.78, 5) is 0. The highest BCUT2D eigenvalue weighted by molar-refractivity contribution is 5.39. The molecule has 16 heavy (non-hydrogen) atoms. The van der Waals surface area contributed by atoms with Crippen molar-refractivity contribution in [2.24, 2.45) is 0 Å². The number of nitrogens with zero attached hydrogens (tertiary/aromatic N) is 2. The number of hydrogen-bond donors (Lipinski definition) is 2. The topological polar surface area (TPSA) is 59.3 Å². The molecule has 0 aliphatic heterocycles. The first-order valence-corrected chi connectivity index (χ1v) is 5.31. The van der Waals surface area contributed by atoms with Crippen molar-refractivity contribution in [3.05, 3.63) is 24.5 Å². The van der Waals surface area contributed by atoms with Crippen molar-refractivity contribution in [3.63, 3.8) is 0 Å². The third-order valence-electron chi connectivity index (χ3n) is 1.93. The highest BCUT2D eigenvalue weighted by Crippen LogP contribution is 2.05. The lowest BCUT2D eigenvalue weighted by Crippen LogP contribution is -2.08. The van der Waals surface area contributed by atoms with E-state index < -0.39 is 0 Å². The van der Waals surface area contributed by atoms with Crippen molar-refractivity contribution in [3.8, 4) is 0 Å². The van der Waals surface area contributed by atoms with Gasteiger partial charge in [0.1, 0.15) is 0 Å². The normalized spacial score (nSPS) is 10.4. The summed E-state index contributed by atoms with van der Waals surface area (Å²) in [6, 6.07) is 0. The van der Waals surface area contributed by atoms with Crippen LogP contribution < -0.4 is 5.32 Å². The summed E-state index contributed by atoms with van der Waals surface area (Å²) in [7, 11) is 0. The summed E-state index contributed by atoms with van der Waals surface area (Å²) in [5.41, 5.74) is 2.06. The molecule has 0 aromatic carbocycles. The Bertz CT molecular complexity index is 323. The SMILES string of the molecule is C=C(C)CNc1cnn(CCOCCO)c1. The maximum Gasteiger partial charge on any atom is 0.0729 e. The largest absolute Gasteiger partial charge is 0.394 e. The fourth-order valence-electron chi connectivity index (χ4n) is 1.15. The minimum Gasteiger partial charge on any atom is -0.394 e. The number of aliphatic hydroxyl groups excluding tert-OH is 1. The fraction of sp³-hybridized carbons (Fsp3) is 0.545. The minimum absolute atomic E-state index is 0.0600. The van der Waals surface area contributed by atoms with Crippen molar-refractivity contribution in [2.45, 2.75) is 13.5 Å². The van der Waals surface area contributed by atoms with Gasteiger partial charge in [0.25, 0.3) is 0 Å². The monoisotopic (exact) mass is 225 g/mol. The van der Waals surface area contributed by atoms with E-state index in [0.717, 1.165) is 17.8 Å². The molecule has 0 spiro atoms. The van der Waals surface area contributed by atoms with E-state index in [0.29, 0.717) is 19.8 Å².